The van der Waals surface area contributed by atoms with Gasteiger partial charge in [-0.1, -0.05) is 12.2 Å². The van der Waals surface area contributed by atoms with Crippen molar-refractivity contribution >= 4 is 17.4 Å². The Morgan fingerprint density at radius 1 is 1.32 bits per heavy atom. The first-order valence-electron chi connectivity index (χ1n) is 10.3. The van der Waals surface area contributed by atoms with Gasteiger partial charge < -0.3 is 14.4 Å². The number of piperidine rings is 1. The number of amides is 1. The summed E-state index contributed by atoms with van der Waals surface area (Å²) in [5.74, 6) is 0.328. The SMILES string of the molecule is C=C(C)[C@@H]1CC2(CCN(C(=O)OC(C)(C)C)CC2)CO[C@H]1c1cc(C)sc1C. The zero-order chi connectivity index (χ0) is 20.7. The molecule has 0 bridgehead atoms. The highest BCUT2D eigenvalue weighted by Crippen LogP contribution is 2.50. The standard InChI is InChI=1S/C23H35NO3S/c1-15(2)19-13-23(14-26-20(19)18-12-16(3)28-17(18)4)8-10-24(11-9-23)21(25)27-22(5,6)7/h12,19-20H,1,8-11,13-14H2,2-7H3/t19-,20-/m0/s1. The molecule has 28 heavy (non-hydrogen) atoms. The molecule has 4 nitrogen and oxygen atoms in total. The maximum Gasteiger partial charge on any atom is 0.410 e. The van der Waals surface area contributed by atoms with Crippen molar-refractivity contribution in [1.29, 1.82) is 0 Å². The monoisotopic (exact) mass is 405 g/mol. The molecule has 0 radical (unpaired) electrons. The van der Waals surface area contributed by atoms with Gasteiger partial charge in [0.2, 0.25) is 0 Å². The number of carbonyl (C=O) groups is 1. The number of carbonyl (C=O) groups excluding carboxylic acids is 1. The molecule has 1 spiro atoms. The Kier molecular flexibility index (Phi) is 5.98. The molecule has 1 aromatic rings. The summed E-state index contributed by atoms with van der Waals surface area (Å²) in [6, 6.07) is 2.28. The topological polar surface area (TPSA) is 38.8 Å². The van der Waals surface area contributed by atoms with E-state index < -0.39 is 5.60 Å². The molecule has 0 aromatic carbocycles. The first kappa shape index (κ1) is 21.4. The Labute approximate surface area is 173 Å². The summed E-state index contributed by atoms with van der Waals surface area (Å²) in [4.78, 5) is 16.9. The summed E-state index contributed by atoms with van der Waals surface area (Å²) < 4.78 is 12.1. The summed E-state index contributed by atoms with van der Waals surface area (Å²) >= 11 is 1.84. The van der Waals surface area contributed by atoms with E-state index in [9.17, 15) is 4.79 Å². The smallest absolute Gasteiger partial charge is 0.410 e. The fourth-order valence-corrected chi connectivity index (χ4v) is 5.49. The van der Waals surface area contributed by atoms with Crippen LogP contribution in [0.1, 0.15) is 68.4 Å². The second-order valence-corrected chi connectivity index (χ2v) is 11.2. The summed E-state index contributed by atoms with van der Waals surface area (Å²) in [5, 5.41) is 0. The van der Waals surface area contributed by atoms with E-state index in [4.69, 9.17) is 9.47 Å². The second-order valence-electron chi connectivity index (χ2n) is 9.72. The minimum absolute atomic E-state index is 0.108. The minimum Gasteiger partial charge on any atom is -0.444 e. The van der Waals surface area contributed by atoms with Crippen molar-refractivity contribution in [3.05, 3.63) is 33.5 Å². The number of rotatable bonds is 2. The van der Waals surface area contributed by atoms with Gasteiger partial charge in [-0.3, -0.25) is 0 Å². The van der Waals surface area contributed by atoms with Crippen molar-refractivity contribution in [3.63, 3.8) is 0 Å². The van der Waals surface area contributed by atoms with Gasteiger partial charge in [0, 0.05) is 28.8 Å². The van der Waals surface area contributed by atoms with Crippen LogP contribution in [0, 0.1) is 25.2 Å². The third kappa shape index (κ3) is 4.62. The van der Waals surface area contributed by atoms with Crippen LogP contribution in [0.4, 0.5) is 4.79 Å². The third-order valence-corrected chi connectivity index (χ3v) is 7.06. The van der Waals surface area contributed by atoms with E-state index in [1.165, 1.54) is 20.9 Å². The Hall–Kier alpha value is -1.33. The number of nitrogens with zero attached hydrogens (tertiary/aromatic N) is 1. The van der Waals surface area contributed by atoms with Crippen LogP contribution in [-0.4, -0.2) is 36.3 Å². The van der Waals surface area contributed by atoms with Crippen molar-refractivity contribution in [2.24, 2.45) is 11.3 Å². The number of hydrogen-bond donors (Lipinski definition) is 0. The van der Waals surface area contributed by atoms with Crippen LogP contribution in [0.3, 0.4) is 0 Å². The summed E-state index contributed by atoms with van der Waals surface area (Å²) in [7, 11) is 0. The Morgan fingerprint density at radius 3 is 2.46 bits per heavy atom. The van der Waals surface area contributed by atoms with Crippen LogP contribution < -0.4 is 0 Å². The Morgan fingerprint density at radius 2 is 1.96 bits per heavy atom. The highest BCUT2D eigenvalue weighted by atomic mass is 32.1. The van der Waals surface area contributed by atoms with Crippen LogP contribution in [-0.2, 0) is 9.47 Å². The van der Waals surface area contributed by atoms with Gasteiger partial charge in [-0.15, -0.1) is 11.3 Å². The quantitative estimate of drug-likeness (QED) is 0.563. The maximum atomic E-state index is 12.4. The highest BCUT2D eigenvalue weighted by Gasteiger charge is 2.45. The molecule has 3 rings (SSSR count). The molecule has 5 heteroatoms. The molecule has 2 saturated heterocycles. The van der Waals surface area contributed by atoms with Crippen LogP contribution in [0.15, 0.2) is 18.2 Å². The van der Waals surface area contributed by atoms with Crippen LogP contribution in [0.25, 0.3) is 0 Å². The van der Waals surface area contributed by atoms with Crippen molar-refractivity contribution in [3.8, 4) is 0 Å². The van der Waals surface area contributed by atoms with Gasteiger partial charge in [-0.25, -0.2) is 4.79 Å². The molecular weight excluding hydrogens is 370 g/mol. The van der Waals surface area contributed by atoms with E-state index in [1.807, 2.05) is 37.0 Å². The lowest BCUT2D eigenvalue weighted by Crippen LogP contribution is -2.49. The number of ether oxygens (including phenoxy) is 2. The molecule has 0 aliphatic carbocycles. The number of thiophene rings is 1. The van der Waals surface area contributed by atoms with E-state index in [1.54, 1.807) is 0 Å². The predicted molar refractivity (Wildman–Crippen MR) is 115 cm³/mol. The third-order valence-electron chi connectivity index (χ3n) is 6.08. The summed E-state index contributed by atoms with van der Waals surface area (Å²) in [6.07, 6.45) is 2.92. The van der Waals surface area contributed by atoms with Gasteiger partial charge in [0.15, 0.2) is 0 Å². The van der Waals surface area contributed by atoms with Gasteiger partial charge in [0.1, 0.15) is 5.60 Å². The van der Waals surface area contributed by atoms with Crippen LogP contribution >= 0.6 is 11.3 Å². The van der Waals surface area contributed by atoms with Crippen molar-refractivity contribution in [2.75, 3.05) is 19.7 Å². The maximum absolute atomic E-state index is 12.4. The molecule has 1 amide bonds. The van der Waals surface area contributed by atoms with E-state index in [0.29, 0.717) is 5.92 Å². The van der Waals surface area contributed by atoms with Crippen LogP contribution in [0.5, 0.6) is 0 Å². The molecule has 0 unspecified atom stereocenters. The van der Waals surface area contributed by atoms with Crippen molar-refractivity contribution in [1.82, 2.24) is 4.90 Å². The van der Waals surface area contributed by atoms with E-state index >= 15 is 0 Å². The first-order valence-corrected chi connectivity index (χ1v) is 11.1. The lowest BCUT2D eigenvalue weighted by Gasteiger charge is -2.49. The normalized spacial score (nSPS) is 25.0. The predicted octanol–water partition coefficient (Wildman–Crippen LogP) is 6.04. The minimum atomic E-state index is -0.449. The zero-order valence-corrected chi connectivity index (χ0v) is 19.1. The average Bonchev–Trinajstić information content (AvgIpc) is 2.92. The fraction of sp³-hybridized carbons (Fsp3) is 0.696. The summed E-state index contributed by atoms with van der Waals surface area (Å²) in [5.41, 5.74) is 2.21. The second kappa shape index (κ2) is 7.83. The molecule has 3 heterocycles. The molecule has 2 aliphatic heterocycles. The van der Waals surface area contributed by atoms with E-state index in [-0.39, 0.29) is 17.6 Å². The fourth-order valence-electron chi connectivity index (χ4n) is 4.53. The number of hydrogen-bond acceptors (Lipinski definition) is 4. The number of likely N-dealkylation sites (tertiary alicyclic amines) is 1. The van der Waals surface area contributed by atoms with Gasteiger partial charge in [-0.2, -0.15) is 0 Å². The first-order chi connectivity index (χ1) is 13.0. The molecule has 2 fully saturated rings. The van der Waals surface area contributed by atoms with Crippen molar-refractivity contribution < 1.29 is 14.3 Å². The van der Waals surface area contributed by atoms with Gasteiger partial charge >= 0.3 is 6.09 Å². The lowest BCUT2D eigenvalue weighted by atomic mass is 9.67. The van der Waals surface area contributed by atoms with E-state index in [2.05, 4.69) is 33.4 Å². The molecule has 156 valence electrons. The zero-order valence-electron chi connectivity index (χ0n) is 18.3. The Bertz CT molecular complexity index is 738. The van der Waals surface area contributed by atoms with Gasteiger partial charge in [-0.05, 0) is 77.8 Å². The molecular formula is C23H35NO3S. The van der Waals surface area contributed by atoms with E-state index in [0.717, 1.165) is 39.0 Å². The van der Waals surface area contributed by atoms with Gasteiger partial charge in [0.25, 0.3) is 0 Å². The average molecular weight is 406 g/mol. The molecule has 2 aliphatic rings. The largest absolute Gasteiger partial charge is 0.444 e. The number of aryl methyl sites for hydroxylation is 2. The van der Waals surface area contributed by atoms with Gasteiger partial charge in [0.05, 0.1) is 12.7 Å². The molecule has 0 saturated carbocycles. The molecule has 2 atom stereocenters. The molecule has 0 N–H and O–H groups in total. The van der Waals surface area contributed by atoms with Crippen LogP contribution in [0.2, 0.25) is 0 Å². The highest BCUT2D eigenvalue weighted by molar-refractivity contribution is 7.12. The van der Waals surface area contributed by atoms with Crippen molar-refractivity contribution in [2.45, 2.75) is 72.5 Å². The molecule has 1 aromatic heterocycles. The summed E-state index contributed by atoms with van der Waals surface area (Å²) in [6.45, 7) is 18.8. The Balaban J connectivity index is 1.68. The lowest BCUT2D eigenvalue weighted by molar-refractivity contribution is -0.111.